The van der Waals surface area contributed by atoms with Crippen molar-refractivity contribution in [3.63, 3.8) is 0 Å². The highest BCUT2D eigenvalue weighted by Crippen LogP contribution is 2.30. The Morgan fingerprint density at radius 3 is 1.23 bits per heavy atom. The van der Waals surface area contributed by atoms with Crippen LogP contribution in [0.1, 0.15) is 75.0 Å². The van der Waals surface area contributed by atoms with Crippen LogP contribution < -0.4 is 30.2 Å². The summed E-state index contributed by atoms with van der Waals surface area (Å²) in [5.41, 5.74) is 3.77. The minimum Gasteiger partial charge on any atom is -0.489 e. The first-order valence-electron chi connectivity index (χ1n) is 23.6. The molecule has 0 bridgehead atoms. The van der Waals surface area contributed by atoms with E-state index in [-0.39, 0.29) is 66.5 Å². The lowest BCUT2D eigenvalue weighted by molar-refractivity contribution is -0.140. The Kier molecular flexibility index (Phi) is 20.2. The predicted molar refractivity (Wildman–Crippen MR) is 280 cm³/mol. The van der Waals surface area contributed by atoms with E-state index in [4.69, 9.17) is 14.2 Å². The van der Waals surface area contributed by atoms with E-state index >= 15 is 0 Å². The van der Waals surface area contributed by atoms with Crippen LogP contribution in [0.2, 0.25) is 0 Å². The maximum atomic E-state index is 13.6. The van der Waals surface area contributed by atoms with E-state index in [1.54, 1.807) is 110 Å². The van der Waals surface area contributed by atoms with Gasteiger partial charge in [0.2, 0.25) is 5.82 Å². The minimum atomic E-state index is -4.58. The fourth-order valence-electron chi connectivity index (χ4n) is 6.63. The Balaban J connectivity index is 0.000000170. The second kappa shape index (κ2) is 27.8. The topological polar surface area (TPSA) is 171 Å². The molecule has 0 saturated heterocycles. The van der Waals surface area contributed by atoms with Crippen molar-refractivity contribution in [3.05, 3.63) is 241 Å². The number of aryl methyl sites for hydroxylation is 2. The number of carbonyl (C=O) groups is 3. The summed E-state index contributed by atoms with van der Waals surface area (Å²) in [4.78, 5) is 47.1. The zero-order valence-corrected chi connectivity index (χ0v) is 43.2. The van der Waals surface area contributed by atoms with E-state index in [0.29, 0.717) is 63.4 Å². The summed E-state index contributed by atoms with van der Waals surface area (Å²) in [6, 6.07) is 40.6. The fraction of sp³-hybridized carbons (Fsp3) is 0.161. The number of alkyl halides is 3. The molecule has 9 rings (SSSR count). The number of hydrogen-bond acceptors (Lipinski definition) is 12. The molecule has 3 aromatic heterocycles. The van der Waals surface area contributed by atoms with Crippen molar-refractivity contribution in [3.8, 4) is 17.2 Å². The Morgan fingerprint density at radius 1 is 0.526 bits per heavy atom. The van der Waals surface area contributed by atoms with Gasteiger partial charge >= 0.3 is 6.18 Å². The molecule has 3 heterocycles. The molecule has 14 nitrogen and oxygen atoms in total. The van der Waals surface area contributed by atoms with Gasteiger partial charge in [0.25, 0.3) is 17.7 Å². The quantitative estimate of drug-likeness (QED) is 0.0703. The largest absolute Gasteiger partial charge is 0.489 e. The van der Waals surface area contributed by atoms with Crippen molar-refractivity contribution in [1.82, 2.24) is 40.7 Å². The van der Waals surface area contributed by atoms with Crippen LogP contribution in [0.4, 0.5) is 26.3 Å². The van der Waals surface area contributed by atoms with Crippen molar-refractivity contribution < 1.29 is 54.9 Å². The third kappa shape index (κ3) is 17.6. The summed E-state index contributed by atoms with van der Waals surface area (Å²) in [5, 5.41) is 14.9. The fourth-order valence-corrected chi connectivity index (χ4v) is 8.08. The molecule has 3 N–H and O–H groups in total. The number of carbonyl (C=O) groups excluding carboxylic acids is 3. The molecule has 0 atom stereocenters. The SMILES string of the molecule is Cc1csc(C(=O)NCc2ccc(OCc3ccccc3F)cc2)n1.Cn1cnc(C(=O)NCc2ccc(OCc3ccccc3F)cc2)n1.O=C(NCc1ccc(OCc2ccccc2F)cc1)c1nc(C(F)(F)F)cs1. The number of halogens is 6. The van der Waals surface area contributed by atoms with Gasteiger partial charge in [-0.25, -0.2) is 28.1 Å². The lowest BCUT2D eigenvalue weighted by Crippen LogP contribution is -2.24. The van der Waals surface area contributed by atoms with Crippen molar-refractivity contribution >= 4 is 40.4 Å². The first kappa shape index (κ1) is 56.8. The highest BCUT2D eigenvalue weighted by atomic mass is 32.1. The minimum absolute atomic E-state index is 0.0777. The van der Waals surface area contributed by atoms with Crippen molar-refractivity contribution in [2.75, 3.05) is 0 Å². The van der Waals surface area contributed by atoms with Gasteiger partial charge in [0.05, 0.1) is 0 Å². The Morgan fingerprint density at radius 2 is 0.897 bits per heavy atom. The average Bonchev–Trinajstić information content (AvgIpc) is 4.25. The van der Waals surface area contributed by atoms with Gasteiger partial charge in [0.15, 0.2) is 15.7 Å². The van der Waals surface area contributed by atoms with Crippen LogP contribution in [0.25, 0.3) is 0 Å². The summed E-state index contributed by atoms with van der Waals surface area (Å²) >= 11 is 1.96. The van der Waals surface area contributed by atoms with E-state index in [1.807, 2.05) is 36.6 Å². The van der Waals surface area contributed by atoms with E-state index in [0.717, 1.165) is 27.8 Å². The first-order chi connectivity index (χ1) is 37.6. The Hall–Kier alpha value is -8.89. The van der Waals surface area contributed by atoms with Crippen molar-refractivity contribution in [2.24, 2.45) is 7.05 Å². The maximum absolute atomic E-state index is 13.6. The molecular formula is C56H48F6N8O6S2. The first-order valence-corrected chi connectivity index (χ1v) is 25.3. The molecule has 0 unspecified atom stereocenters. The standard InChI is InChI=1S/C19H14F4N2O2S.C19H17FN2O2S.C18H17FN4O2/c20-15-4-2-1-3-13(15)10-27-14-7-5-12(6-8-14)9-24-17(26)18-25-16(11-28-18)19(21,22)23;1-13-12-25-19(22-13)18(23)21-10-14-6-8-16(9-7-14)24-11-15-4-2-3-5-17(15)20;1-23-12-21-17(22-23)18(24)20-10-13-6-8-15(9-7-13)25-11-14-4-2-3-5-16(14)19/h1-8,11H,9-10H2,(H,24,26);2-9,12H,10-11H2,1H3,(H,21,23);2-9,12H,10-11H2,1H3,(H,20,24). The van der Waals surface area contributed by atoms with Gasteiger partial charge in [-0.3, -0.25) is 19.1 Å². The van der Waals surface area contributed by atoms with Gasteiger partial charge in [-0.1, -0.05) is 91.0 Å². The number of rotatable bonds is 18. The second-order valence-corrected chi connectivity index (χ2v) is 18.4. The molecule has 6 aromatic carbocycles. The molecule has 0 saturated carbocycles. The summed E-state index contributed by atoms with van der Waals surface area (Å²) < 4.78 is 96.4. The van der Waals surface area contributed by atoms with Gasteiger partial charge in [0, 0.05) is 59.8 Å². The number of benzene rings is 6. The monoisotopic (exact) mass is 1110 g/mol. The normalized spacial score (nSPS) is 10.8. The molecule has 0 radical (unpaired) electrons. The number of amides is 3. The van der Waals surface area contributed by atoms with Crippen LogP contribution in [0, 0.1) is 24.4 Å². The molecular weight excluding hydrogens is 1060 g/mol. The molecule has 0 aliphatic heterocycles. The number of nitrogens with zero attached hydrogens (tertiary/aromatic N) is 5. The van der Waals surface area contributed by atoms with Crippen LogP contribution in [-0.2, 0) is 52.7 Å². The molecule has 9 aromatic rings. The van der Waals surface area contributed by atoms with Crippen LogP contribution in [0.15, 0.2) is 163 Å². The number of nitrogens with one attached hydrogen (secondary N) is 3. The summed E-state index contributed by atoms with van der Waals surface area (Å²) in [5.74, 6) is -0.181. The van der Waals surface area contributed by atoms with Crippen LogP contribution >= 0.6 is 22.7 Å². The van der Waals surface area contributed by atoms with Gasteiger partial charge in [0.1, 0.15) is 60.8 Å². The van der Waals surface area contributed by atoms with Crippen LogP contribution in [0.3, 0.4) is 0 Å². The molecule has 0 aliphatic carbocycles. The zero-order chi connectivity index (χ0) is 55.4. The summed E-state index contributed by atoms with van der Waals surface area (Å²) in [6.45, 7) is 3.14. The third-order valence-electron chi connectivity index (χ3n) is 10.8. The van der Waals surface area contributed by atoms with Gasteiger partial charge < -0.3 is 30.2 Å². The zero-order valence-electron chi connectivity index (χ0n) is 41.6. The Labute approximate surface area is 451 Å². The van der Waals surface area contributed by atoms with Gasteiger partial charge in [-0.2, -0.15) is 13.2 Å². The van der Waals surface area contributed by atoms with Gasteiger partial charge in [-0.05, 0) is 78.2 Å². The maximum Gasteiger partial charge on any atom is 0.434 e. The second-order valence-electron chi connectivity index (χ2n) is 16.7. The molecule has 3 amide bonds. The summed E-state index contributed by atoms with van der Waals surface area (Å²) in [7, 11) is 1.70. The number of thiazole rings is 2. The number of aromatic nitrogens is 5. The lowest BCUT2D eigenvalue weighted by Gasteiger charge is -2.08. The van der Waals surface area contributed by atoms with Crippen molar-refractivity contribution in [1.29, 1.82) is 0 Å². The van der Waals surface area contributed by atoms with E-state index in [9.17, 15) is 40.7 Å². The van der Waals surface area contributed by atoms with E-state index < -0.39 is 17.8 Å². The highest BCUT2D eigenvalue weighted by Gasteiger charge is 2.34. The number of hydrogen-bond donors (Lipinski definition) is 3. The molecule has 0 spiro atoms. The van der Waals surface area contributed by atoms with E-state index in [2.05, 4.69) is 36.0 Å². The smallest absolute Gasteiger partial charge is 0.434 e. The van der Waals surface area contributed by atoms with E-state index in [1.165, 1.54) is 40.5 Å². The molecule has 22 heteroatoms. The number of ether oxygens (including phenoxy) is 3. The summed E-state index contributed by atoms with van der Waals surface area (Å²) in [6.07, 6.45) is -3.11. The van der Waals surface area contributed by atoms with Crippen molar-refractivity contribution in [2.45, 2.75) is 52.6 Å². The third-order valence-corrected chi connectivity index (χ3v) is 12.6. The molecule has 78 heavy (non-hydrogen) atoms. The van der Waals surface area contributed by atoms with Gasteiger partial charge in [-0.15, -0.1) is 27.8 Å². The highest BCUT2D eigenvalue weighted by molar-refractivity contribution is 7.12. The molecule has 402 valence electrons. The molecule has 0 fully saturated rings. The van der Waals surface area contributed by atoms with Crippen LogP contribution in [0.5, 0.6) is 17.2 Å². The van der Waals surface area contributed by atoms with Crippen LogP contribution in [-0.4, -0.2) is 42.5 Å². The molecule has 0 aliphatic rings. The predicted octanol–water partition coefficient (Wildman–Crippen LogP) is 11.4. The Bertz CT molecular complexity index is 3250. The lowest BCUT2D eigenvalue weighted by atomic mass is 10.2. The average molecular weight is 1110 g/mol.